The molecule has 2 nitrogen and oxygen atoms in total. The van der Waals surface area contributed by atoms with Crippen molar-refractivity contribution in [3.05, 3.63) is 295 Å². The number of benzene rings is 12. The first kappa shape index (κ1) is 40.8. The molecule has 0 amide bonds. The quantitative estimate of drug-likeness (QED) is 0.151. The predicted octanol–water partition coefficient (Wildman–Crippen LogP) is 18.7. The largest absolute Gasteiger partial charge is 0.455 e. The number of anilines is 3. The molecule has 0 radical (unpaired) electrons. The van der Waals surface area contributed by atoms with Gasteiger partial charge in [0, 0.05) is 33.0 Å². The number of hydrogen-bond acceptors (Lipinski definition) is 2. The van der Waals surface area contributed by atoms with Gasteiger partial charge in [-0.1, -0.05) is 218 Å². The van der Waals surface area contributed by atoms with E-state index in [1.165, 1.54) is 66.2 Å². The zero-order chi connectivity index (χ0) is 46.9. The molecule has 1 aliphatic rings. The van der Waals surface area contributed by atoms with Crippen molar-refractivity contribution in [2.75, 3.05) is 4.90 Å². The minimum atomic E-state index is -0.549. The molecule has 0 aliphatic heterocycles. The summed E-state index contributed by atoms with van der Waals surface area (Å²) in [5.74, 6) is 0. The maximum absolute atomic E-state index is 6.64. The molecule has 0 spiro atoms. The van der Waals surface area contributed by atoms with Gasteiger partial charge in [-0.15, -0.1) is 0 Å². The van der Waals surface area contributed by atoms with Crippen LogP contribution in [0.3, 0.4) is 0 Å². The van der Waals surface area contributed by atoms with Crippen LogP contribution in [-0.2, 0) is 5.41 Å². The van der Waals surface area contributed by atoms with Gasteiger partial charge in [0.2, 0.25) is 0 Å². The van der Waals surface area contributed by atoms with E-state index in [4.69, 9.17) is 4.42 Å². The summed E-state index contributed by atoms with van der Waals surface area (Å²) in [4.78, 5) is 2.50. The van der Waals surface area contributed by atoms with Gasteiger partial charge in [0.25, 0.3) is 0 Å². The minimum Gasteiger partial charge on any atom is -0.455 e. The molecule has 0 saturated carbocycles. The van der Waals surface area contributed by atoms with E-state index >= 15 is 0 Å². The molecular formula is C69H45NO. The third kappa shape index (κ3) is 6.49. The molecule has 2 heteroatoms. The Morgan fingerprint density at radius 3 is 1.69 bits per heavy atom. The van der Waals surface area contributed by atoms with Gasteiger partial charge in [-0.25, -0.2) is 0 Å². The average molecular weight is 904 g/mol. The van der Waals surface area contributed by atoms with Crippen LogP contribution in [0.25, 0.3) is 88.0 Å². The van der Waals surface area contributed by atoms with E-state index in [-0.39, 0.29) is 0 Å². The van der Waals surface area contributed by atoms with E-state index in [0.29, 0.717) is 0 Å². The second-order valence-electron chi connectivity index (χ2n) is 18.7. The first-order valence-corrected chi connectivity index (χ1v) is 24.5. The summed E-state index contributed by atoms with van der Waals surface area (Å²) in [6.45, 7) is 0. The van der Waals surface area contributed by atoms with Crippen molar-refractivity contribution in [3.63, 3.8) is 0 Å². The van der Waals surface area contributed by atoms with Crippen molar-refractivity contribution in [3.8, 4) is 44.5 Å². The predicted molar refractivity (Wildman–Crippen MR) is 297 cm³/mol. The number of nitrogens with zero attached hydrogens (tertiary/aromatic N) is 1. The highest BCUT2D eigenvalue weighted by molar-refractivity contribution is 6.16. The van der Waals surface area contributed by atoms with E-state index in [1.54, 1.807) is 0 Å². The third-order valence-electron chi connectivity index (χ3n) is 14.9. The number of fused-ring (bicyclic) bond motifs is 9. The fraction of sp³-hybridized carbons (Fsp3) is 0.0145. The molecule has 0 N–H and O–H groups in total. The summed E-state index contributed by atoms with van der Waals surface area (Å²) >= 11 is 0. The standard InChI is InChI=1S/C69H45NO/c1-3-22-54(23-4-1)69(55-24-5-2-6-25-55)62-29-13-11-28-60(62)67-63(69)30-16-32-65(67)70(56-39-35-47(36-40-56)50-20-15-21-51(43-50)52-34-33-46-17-7-8-19-49(46)44-52)64-31-14-12-26-57(64)53-38-42-66-61(45-53)59-41-37-48-18-9-10-27-58(48)68(59)71-66/h1-45H. The highest BCUT2D eigenvalue weighted by Gasteiger charge is 2.47. The van der Waals surface area contributed by atoms with Gasteiger partial charge >= 0.3 is 0 Å². The monoisotopic (exact) mass is 903 g/mol. The highest BCUT2D eigenvalue weighted by atomic mass is 16.3. The molecule has 71 heavy (non-hydrogen) atoms. The van der Waals surface area contributed by atoms with E-state index in [2.05, 4.69) is 278 Å². The van der Waals surface area contributed by atoms with Crippen molar-refractivity contribution in [1.82, 2.24) is 0 Å². The maximum atomic E-state index is 6.64. The third-order valence-corrected chi connectivity index (χ3v) is 14.9. The molecule has 0 fully saturated rings. The van der Waals surface area contributed by atoms with Gasteiger partial charge < -0.3 is 9.32 Å². The summed E-state index contributed by atoms with van der Waals surface area (Å²) in [6, 6.07) is 100.0. The van der Waals surface area contributed by atoms with Gasteiger partial charge in [-0.3, -0.25) is 0 Å². The Hall–Kier alpha value is -9.24. The molecule has 14 rings (SSSR count). The molecule has 332 valence electrons. The first-order chi connectivity index (χ1) is 35.2. The zero-order valence-electron chi connectivity index (χ0n) is 38.8. The zero-order valence-corrected chi connectivity index (χ0v) is 38.8. The van der Waals surface area contributed by atoms with Gasteiger partial charge in [-0.2, -0.15) is 0 Å². The summed E-state index contributed by atoms with van der Waals surface area (Å²) in [6.07, 6.45) is 0. The van der Waals surface area contributed by atoms with Crippen molar-refractivity contribution in [2.24, 2.45) is 0 Å². The molecular weight excluding hydrogens is 859 g/mol. The lowest BCUT2D eigenvalue weighted by Crippen LogP contribution is -2.28. The van der Waals surface area contributed by atoms with E-state index < -0.39 is 5.41 Å². The van der Waals surface area contributed by atoms with E-state index in [9.17, 15) is 0 Å². The summed E-state index contributed by atoms with van der Waals surface area (Å²) in [5.41, 5.74) is 19.0. The number of hydrogen-bond donors (Lipinski definition) is 0. The summed E-state index contributed by atoms with van der Waals surface area (Å²) < 4.78 is 6.64. The summed E-state index contributed by atoms with van der Waals surface area (Å²) in [7, 11) is 0. The normalized spacial score (nSPS) is 12.6. The number of rotatable bonds is 8. The van der Waals surface area contributed by atoms with Crippen LogP contribution in [0.4, 0.5) is 17.1 Å². The van der Waals surface area contributed by atoms with Crippen LogP contribution in [0.2, 0.25) is 0 Å². The Morgan fingerprint density at radius 2 is 0.887 bits per heavy atom. The smallest absolute Gasteiger partial charge is 0.143 e. The van der Waals surface area contributed by atoms with Crippen molar-refractivity contribution < 1.29 is 4.42 Å². The topological polar surface area (TPSA) is 16.4 Å². The van der Waals surface area contributed by atoms with Crippen LogP contribution >= 0.6 is 0 Å². The summed E-state index contributed by atoms with van der Waals surface area (Å²) in [5, 5.41) is 7.00. The Balaban J connectivity index is 0.976. The number of furan rings is 1. The van der Waals surface area contributed by atoms with Gasteiger partial charge in [0.05, 0.1) is 16.8 Å². The van der Waals surface area contributed by atoms with Gasteiger partial charge in [0.15, 0.2) is 0 Å². The minimum absolute atomic E-state index is 0.549. The van der Waals surface area contributed by atoms with E-state index in [1.807, 2.05) is 0 Å². The lowest BCUT2D eigenvalue weighted by molar-refractivity contribution is 0.672. The van der Waals surface area contributed by atoms with Crippen LogP contribution in [0.5, 0.6) is 0 Å². The Morgan fingerprint density at radius 1 is 0.310 bits per heavy atom. The second kappa shape index (κ2) is 16.5. The first-order valence-electron chi connectivity index (χ1n) is 24.5. The highest BCUT2D eigenvalue weighted by Crippen LogP contribution is 2.60. The van der Waals surface area contributed by atoms with Crippen LogP contribution in [0, 0.1) is 0 Å². The second-order valence-corrected chi connectivity index (χ2v) is 18.7. The van der Waals surface area contributed by atoms with E-state index in [0.717, 1.165) is 61.1 Å². The molecule has 0 unspecified atom stereocenters. The fourth-order valence-corrected chi connectivity index (χ4v) is 11.7. The van der Waals surface area contributed by atoms with Crippen molar-refractivity contribution in [2.45, 2.75) is 5.41 Å². The lowest BCUT2D eigenvalue weighted by atomic mass is 9.68. The fourth-order valence-electron chi connectivity index (χ4n) is 11.7. The lowest BCUT2D eigenvalue weighted by Gasteiger charge is -2.34. The van der Waals surface area contributed by atoms with Crippen molar-refractivity contribution >= 4 is 60.5 Å². The molecule has 1 aromatic heterocycles. The van der Waals surface area contributed by atoms with Crippen LogP contribution < -0.4 is 4.90 Å². The Labute approximate surface area is 413 Å². The van der Waals surface area contributed by atoms with Gasteiger partial charge in [0.1, 0.15) is 11.2 Å². The molecule has 0 bridgehead atoms. The van der Waals surface area contributed by atoms with Crippen LogP contribution in [0.1, 0.15) is 22.3 Å². The Kier molecular flexibility index (Phi) is 9.47. The van der Waals surface area contributed by atoms with Crippen LogP contribution in [-0.4, -0.2) is 0 Å². The average Bonchev–Trinajstić information content (AvgIpc) is 3.99. The molecule has 13 aromatic rings. The molecule has 0 atom stereocenters. The Bertz CT molecular complexity index is 4130. The maximum Gasteiger partial charge on any atom is 0.143 e. The molecule has 1 aliphatic carbocycles. The van der Waals surface area contributed by atoms with Crippen molar-refractivity contribution in [1.29, 1.82) is 0 Å². The SMILES string of the molecule is c1ccc(C2(c3ccccc3)c3ccccc3-c3c(N(c4ccc(-c5cccc(-c6ccc7ccccc7c6)c5)cc4)c4ccccc4-c4ccc5oc6c7ccccc7ccc6c5c4)cccc32)cc1. The number of para-hydroxylation sites is 1. The molecule has 0 saturated heterocycles. The van der Waals surface area contributed by atoms with Gasteiger partial charge in [-0.05, 0) is 126 Å². The van der Waals surface area contributed by atoms with Crippen LogP contribution in [0.15, 0.2) is 277 Å². The molecule has 1 heterocycles. The molecule has 12 aromatic carbocycles.